The predicted octanol–water partition coefficient (Wildman–Crippen LogP) is 20.1. The average molecular weight is 895 g/mol. The van der Waals surface area contributed by atoms with Crippen molar-refractivity contribution in [1.82, 2.24) is 5.32 Å². The molecular weight excluding hydrogens is 767 g/mol. The van der Waals surface area contributed by atoms with E-state index in [9.17, 15) is 9.59 Å². The number of Topliss-reactive ketones (excluding diaryl/α,β-unsaturated/α-hetero) is 1. The Morgan fingerprint density at radius 1 is 0.698 bits per heavy atom. The minimum atomic E-state index is 0.173. The second kappa shape index (κ2) is 58.8. The largest absolute Gasteiger partial charge is 0.320 e. The first-order chi connectivity index (χ1) is 30.3. The maximum Gasteiger partial charge on any atom is 0.135 e. The molecule has 384 valence electrons. The summed E-state index contributed by atoms with van der Waals surface area (Å²) in [6.45, 7) is 54.7. The lowest BCUT2D eigenvalue weighted by molar-refractivity contribution is -0.123. The van der Waals surface area contributed by atoms with Crippen molar-refractivity contribution in [3.8, 4) is 0 Å². The number of unbranched alkanes of at least 4 members (excludes halogenated alkanes) is 2. The SMILES string of the molecule is C=C.CC.CC.CC.CC.CC.CCC(CC=O)CCC(C)C[C@@H](C)CC(C)C(=O)CCC(C)CC(C)C(/C=C\CCCC1C(C)C2CC(C)CCC12)CC.CCCC.CCNC. The lowest BCUT2D eigenvalue weighted by Crippen LogP contribution is -2.48. The Labute approximate surface area is 403 Å². The Kier molecular flexibility index (Phi) is 71.0. The van der Waals surface area contributed by atoms with Crippen LogP contribution in [0, 0.1) is 71.0 Å². The van der Waals surface area contributed by atoms with Gasteiger partial charge in [0.05, 0.1) is 0 Å². The lowest BCUT2D eigenvalue weighted by atomic mass is 9.50. The number of nitrogens with one attached hydrogen (secondary N) is 1. The first kappa shape index (κ1) is 76.1. The molecule has 0 spiro atoms. The molecule has 0 saturated heterocycles. The van der Waals surface area contributed by atoms with Crippen LogP contribution < -0.4 is 5.32 Å². The molecule has 0 aliphatic heterocycles. The van der Waals surface area contributed by atoms with Crippen molar-refractivity contribution < 1.29 is 9.59 Å². The molecule has 0 radical (unpaired) electrons. The Bertz CT molecular complexity index is 875. The van der Waals surface area contributed by atoms with Crippen LogP contribution in [0.4, 0.5) is 0 Å². The second-order valence-electron chi connectivity index (χ2n) is 18.1. The number of fused-ring (bicyclic) bond motifs is 1. The van der Waals surface area contributed by atoms with Crippen LogP contribution in [0.3, 0.4) is 0 Å². The molecule has 11 unspecified atom stereocenters. The van der Waals surface area contributed by atoms with E-state index >= 15 is 0 Å². The van der Waals surface area contributed by atoms with Gasteiger partial charge in [0.1, 0.15) is 12.1 Å². The highest BCUT2D eigenvalue weighted by Crippen LogP contribution is 2.56. The maximum atomic E-state index is 13.0. The molecule has 0 aromatic heterocycles. The number of carbonyl (C=O) groups is 2. The number of rotatable bonds is 25. The van der Waals surface area contributed by atoms with Crippen molar-refractivity contribution >= 4 is 12.1 Å². The van der Waals surface area contributed by atoms with Gasteiger partial charge in [0.25, 0.3) is 0 Å². The Balaban J connectivity index is -0.000000269. The van der Waals surface area contributed by atoms with Gasteiger partial charge in [0.2, 0.25) is 0 Å². The number of hydrogen-bond donors (Lipinski definition) is 1. The van der Waals surface area contributed by atoms with Crippen LogP contribution >= 0.6 is 0 Å². The minimum Gasteiger partial charge on any atom is -0.320 e. The van der Waals surface area contributed by atoms with Crippen LogP contribution in [0.5, 0.6) is 0 Å². The summed E-state index contributed by atoms with van der Waals surface area (Å²) in [6, 6.07) is 0. The Morgan fingerprint density at radius 3 is 1.68 bits per heavy atom. The van der Waals surface area contributed by atoms with E-state index in [0.717, 1.165) is 74.5 Å². The third-order valence-corrected chi connectivity index (χ3v) is 13.3. The Morgan fingerprint density at radius 2 is 1.22 bits per heavy atom. The second-order valence-corrected chi connectivity index (χ2v) is 18.1. The summed E-state index contributed by atoms with van der Waals surface area (Å²) in [5.74, 6) is 9.41. The fourth-order valence-corrected chi connectivity index (χ4v) is 9.44. The van der Waals surface area contributed by atoms with E-state index < -0.39 is 0 Å². The zero-order valence-corrected chi connectivity index (χ0v) is 48.3. The molecule has 0 heterocycles. The summed E-state index contributed by atoms with van der Waals surface area (Å²) < 4.78 is 0. The summed E-state index contributed by atoms with van der Waals surface area (Å²) >= 11 is 0. The quantitative estimate of drug-likeness (QED) is 0.0564. The molecule has 12 atom stereocenters. The summed E-state index contributed by atoms with van der Waals surface area (Å²) in [4.78, 5) is 23.9. The summed E-state index contributed by atoms with van der Waals surface area (Å²) in [7, 11) is 1.93. The van der Waals surface area contributed by atoms with Crippen LogP contribution in [0.15, 0.2) is 25.3 Å². The molecule has 3 heteroatoms. The van der Waals surface area contributed by atoms with Crippen LogP contribution in [-0.2, 0) is 9.59 Å². The molecular formula is C60H127NO2. The molecule has 0 bridgehead atoms. The normalized spacial score (nSPS) is 21.1. The minimum absolute atomic E-state index is 0.173. The van der Waals surface area contributed by atoms with Gasteiger partial charge in [-0.2, -0.15) is 0 Å². The van der Waals surface area contributed by atoms with Crippen LogP contribution in [0.25, 0.3) is 0 Å². The van der Waals surface area contributed by atoms with Gasteiger partial charge in [-0.3, -0.25) is 4.79 Å². The zero-order chi connectivity index (χ0) is 50.8. The van der Waals surface area contributed by atoms with Crippen molar-refractivity contribution in [2.75, 3.05) is 13.6 Å². The van der Waals surface area contributed by atoms with Gasteiger partial charge in [-0.1, -0.05) is 197 Å². The van der Waals surface area contributed by atoms with E-state index in [1.807, 2.05) is 76.3 Å². The van der Waals surface area contributed by atoms with Crippen molar-refractivity contribution in [3.05, 3.63) is 25.3 Å². The van der Waals surface area contributed by atoms with Crippen molar-refractivity contribution in [2.45, 2.75) is 268 Å². The van der Waals surface area contributed by atoms with E-state index in [0.29, 0.717) is 47.7 Å². The molecule has 0 aromatic carbocycles. The van der Waals surface area contributed by atoms with E-state index in [2.05, 4.69) is 114 Å². The van der Waals surface area contributed by atoms with Gasteiger partial charge in [-0.05, 0) is 149 Å². The fraction of sp³-hybridized carbons (Fsp3) is 0.900. The lowest BCUT2D eigenvalue weighted by Gasteiger charge is -2.55. The molecule has 2 saturated carbocycles. The van der Waals surface area contributed by atoms with Crippen molar-refractivity contribution in [2.24, 2.45) is 71.0 Å². The molecule has 0 amide bonds. The summed E-state index contributed by atoms with van der Waals surface area (Å²) in [5, 5.41) is 2.93. The predicted molar refractivity (Wildman–Crippen MR) is 295 cm³/mol. The van der Waals surface area contributed by atoms with Gasteiger partial charge < -0.3 is 10.1 Å². The molecule has 1 N–H and O–H groups in total. The number of allylic oxidation sites excluding steroid dienone is 2. The third kappa shape index (κ3) is 41.9. The van der Waals surface area contributed by atoms with Crippen LogP contribution in [0.1, 0.15) is 268 Å². The number of ketones is 1. The molecule has 2 aliphatic carbocycles. The number of aldehydes is 1. The number of carbonyl (C=O) groups excluding carboxylic acids is 2. The summed E-state index contributed by atoms with van der Waals surface area (Å²) in [6.07, 6.45) is 27.9. The molecule has 63 heavy (non-hydrogen) atoms. The first-order valence-corrected chi connectivity index (χ1v) is 28.1. The van der Waals surface area contributed by atoms with E-state index in [1.54, 1.807) is 0 Å². The van der Waals surface area contributed by atoms with Gasteiger partial charge >= 0.3 is 0 Å². The maximum absolute atomic E-state index is 13.0. The Hall–Kier alpha value is -1.22. The molecule has 2 fully saturated rings. The zero-order valence-electron chi connectivity index (χ0n) is 48.3. The van der Waals surface area contributed by atoms with Gasteiger partial charge in [-0.25, -0.2) is 0 Å². The van der Waals surface area contributed by atoms with E-state index in [-0.39, 0.29) is 5.92 Å². The molecule has 0 aromatic rings. The highest BCUT2D eigenvalue weighted by molar-refractivity contribution is 5.80. The van der Waals surface area contributed by atoms with Crippen molar-refractivity contribution in [3.63, 3.8) is 0 Å². The van der Waals surface area contributed by atoms with Crippen molar-refractivity contribution in [1.29, 1.82) is 0 Å². The van der Waals surface area contributed by atoms with Gasteiger partial charge in [-0.15, -0.1) is 13.2 Å². The summed E-state index contributed by atoms with van der Waals surface area (Å²) in [5.41, 5.74) is 0. The van der Waals surface area contributed by atoms with Crippen LogP contribution in [0.2, 0.25) is 0 Å². The standard InChI is InChI=1S/C41H74O2.C4H10.C3H9N.5C2H6.C2H4/c1-10-36(23-24-42)20-17-29(3)25-32(6)27-34(8)41(43)22-19-30(4)26-33(7)37(11-2)15-13-12-14-16-38-35(9)40-28-31(5)18-21-39(38)40;2*1-3-4-2;6*1-2/h13,15,24,29-40H,10-12,14,16-23,25-28H2,1-9H3;3-4H2,1-2H3;4H,3H2,1-2H3;5*1-2H3;1-2H2/b15-13-;;;;;;;;/t29?,30?,31?,32-,33?,34?,35?,36?,37?,38?,39?,40?;;;;;;;;/m1......../s1. The smallest absolute Gasteiger partial charge is 0.135 e. The topological polar surface area (TPSA) is 46.2 Å². The highest BCUT2D eigenvalue weighted by atomic mass is 16.1. The molecule has 3 nitrogen and oxygen atoms in total. The van der Waals surface area contributed by atoms with E-state index in [4.69, 9.17) is 0 Å². The third-order valence-electron chi connectivity index (χ3n) is 13.3. The number of hydrogen-bond acceptors (Lipinski definition) is 3. The monoisotopic (exact) mass is 894 g/mol. The fourth-order valence-electron chi connectivity index (χ4n) is 9.44. The van der Waals surface area contributed by atoms with Crippen LogP contribution in [-0.4, -0.2) is 25.7 Å². The van der Waals surface area contributed by atoms with E-state index in [1.165, 1.54) is 77.0 Å². The van der Waals surface area contributed by atoms with Gasteiger partial charge in [0, 0.05) is 18.8 Å². The van der Waals surface area contributed by atoms with Gasteiger partial charge in [0.15, 0.2) is 0 Å². The first-order valence-electron chi connectivity index (χ1n) is 28.1. The molecule has 2 aliphatic rings. The highest BCUT2D eigenvalue weighted by Gasteiger charge is 2.48. The average Bonchev–Trinajstić information content (AvgIpc) is 3.33. The molecule has 2 rings (SSSR count).